The van der Waals surface area contributed by atoms with Gasteiger partial charge in [0.05, 0.1) is 23.0 Å². The normalized spacial score (nSPS) is 24.4. The molecule has 1 saturated heterocycles. The lowest BCUT2D eigenvalue weighted by molar-refractivity contribution is 0.0128. The van der Waals surface area contributed by atoms with Gasteiger partial charge in [-0.15, -0.1) is 11.3 Å². The zero-order valence-electron chi connectivity index (χ0n) is 19.4. The molecule has 180 valence electrons. The average Bonchev–Trinajstić information content (AvgIpc) is 3.29. The first-order valence-corrected chi connectivity index (χ1v) is 12.1. The zero-order valence-corrected chi connectivity index (χ0v) is 20.2. The Kier molecular flexibility index (Phi) is 5.65. The molecule has 5 rings (SSSR count). The number of carbonyl (C=O) groups excluding carboxylic acids is 1. The third-order valence-corrected chi connectivity index (χ3v) is 7.98. The molecule has 1 aliphatic carbocycles. The summed E-state index contributed by atoms with van der Waals surface area (Å²) < 4.78 is 20.6. The lowest BCUT2D eigenvalue weighted by atomic mass is 9.91. The van der Waals surface area contributed by atoms with Crippen LogP contribution in [0, 0.1) is 12.7 Å². The Hall–Kier alpha value is -2.89. The first kappa shape index (κ1) is 22.9. The third-order valence-electron chi connectivity index (χ3n) is 6.89. The number of anilines is 2. The highest BCUT2D eigenvalue weighted by molar-refractivity contribution is 7.21. The topological polar surface area (TPSA) is 132 Å². The largest absolute Gasteiger partial charge is 0.396 e. The molecular formula is C23H28FN7O2S. The van der Waals surface area contributed by atoms with Gasteiger partial charge in [-0.05, 0) is 44.7 Å². The summed E-state index contributed by atoms with van der Waals surface area (Å²) in [4.78, 5) is 29.2. The number of amides is 1. The van der Waals surface area contributed by atoms with Crippen molar-refractivity contribution in [2.45, 2.75) is 50.8 Å². The Balaban J connectivity index is 1.32. The van der Waals surface area contributed by atoms with Crippen molar-refractivity contribution in [1.82, 2.24) is 20.3 Å². The Labute approximate surface area is 200 Å². The fourth-order valence-electron chi connectivity index (χ4n) is 4.73. The molecule has 3 unspecified atom stereocenters. The van der Waals surface area contributed by atoms with Gasteiger partial charge in [0.2, 0.25) is 0 Å². The van der Waals surface area contributed by atoms with Crippen molar-refractivity contribution in [3.05, 3.63) is 39.9 Å². The number of aromatic nitrogens is 3. The van der Waals surface area contributed by atoms with Crippen LogP contribution in [-0.4, -0.2) is 58.7 Å². The summed E-state index contributed by atoms with van der Waals surface area (Å²) in [6, 6.07) is 1.16. The van der Waals surface area contributed by atoms with Gasteiger partial charge < -0.3 is 26.4 Å². The van der Waals surface area contributed by atoms with Crippen LogP contribution in [0.4, 0.5) is 15.9 Å². The second-order valence-corrected chi connectivity index (χ2v) is 10.3. The van der Waals surface area contributed by atoms with Gasteiger partial charge in [0, 0.05) is 38.1 Å². The molecule has 1 aliphatic heterocycles. The van der Waals surface area contributed by atoms with Crippen LogP contribution in [0.5, 0.6) is 0 Å². The molecule has 4 heterocycles. The fourth-order valence-corrected chi connectivity index (χ4v) is 5.73. The number of methoxy groups -OCH3 is 1. The van der Waals surface area contributed by atoms with E-state index in [0.29, 0.717) is 59.1 Å². The Morgan fingerprint density at radius 1 is 1.41 bits per heavy atom. The van der Waals surface area contributed by atoms with E-state index in [1.807, 2.05) is 18.7 Å². The van der Waals surface area contributed by atoms with E-state index >= 15 is 4.39 Å². The molecule has 3 aromatic heterocycles. The predicted octanol–water partition coefficient (Wildman–Crippen LogP) is 1.96. The number of nitrogens with two attached hydrogens (primary N) is 2. The molecule has 0 aromatic carbocycles. The number of halogens is 1. The van der Waals surface area contributed by atoms with Gasteiger partial charge in [0.1, 0.15) is 15.2 Å². The Morgan fingerprint density at radius 3 is 2.94 bits per heavy atom. The monoisotopic (exact) mass is 485 g/mol. The number of pyridine rings is 1. The highest BCUT2D eigenvalue weighted by Gasteiger charge is 2.42. The molecule has 2 aliphatic rings. The molecule has 11 heteroatoms. The smallest absolute Gasteiger partial charge is 0.263 e. The van der Waals surface area contributed by atoms with Gasteiger partial charge in [-0.2, -0.15) is 0 Å². The van der Waals surface area contributed by atoms with E-state index in [9.17, 15) is 4.79 Å². The van der Waals surface area contributed by atoms with E-state index < -0.39 is 5.60 Å². The number of hydrogen-bond acceptors (Lipinski definition) is 9. The van der Waals surface area contributed by atoms with Crippen LogP contribution in [-0.2, 0) is 17.6 Å². The van der Waals surface area contributed by atoms with Crippen molar-refractivity contribution in [3.8, 4) is 0 Å². The Morgan fingerprint density at radius 2 is 2.21 bits per heavy atom. The average molecular weight is 486 g/mol. The number of thiophene rings is 1. The highest BCUT2D eigenvalue weighted by atomic mass is 32.1. The maximum atomic E-state index is 15.1. The molecule has 0 saturated carbocycles. The second-order valence-electron chi connectivity index (χ2n) is 9.33. The minimum atomic E-state index is -0.544. The fraction of sp³-hybridized carbons (Fsp3) is 0.478. The lowest BCUT2D eigenvalue weighted by Gasteiger charge is -2.28. The highest BCUT2D eigenvalue weighted by Crippen LogP contribution is 2.33. The second kappa shape index (κ2) is 8.40. The number of ether oxygens (including phenoxy) is 1. The summed E-state index contributed by atoms with van der Waals surface area (Å²) >= 11 is 1.23. The van der Waals surface area contributed by atoms with Crippen molar-refractivity contribution < 1.29 is 13.9 Å². The van der Waals surface area contributed by atoms with Gasteiger partial charge in [0.15, 0.2) is 11.6 Å². The molecule has 0 spiro atoms. The van der Waals surface area contributed by atoms with E-state index in [0.717, 1.165) is 17.0 Å². The van der Waals surface area contributed by atoms with Gasteiger partial charge in [0.25, 0.3) is 5.91 Å². The third kappa shape index (κ3) is 3.87. The maximum absolute atomic E-state index is 15.1. The number of rotatable bonds is 4. The minimum absolute atomic E-state index is 0.142. The number of hydrogen-bond donors (Lipinski definition) is 3. The molecule has 0 bridgehead atoms. The number of aryl methyl sites for hydroxylation is 2. The molecule has 5 N–H and O–H groups in total. The molecule has 9 nitrogen and oxygen atoms in total. The van der Waals surface area contributed by atoms with E-state index in [1.165, 1.54) is 17.4 Å². The molecular weight excluding hydrogens is 457 g/mol. The maximum Gasteiger partial charge on any atom is 0.263 e. The minimum Gasteiger partial charge on any atom is -0.396 e. The molecule has 34 heavy (non-hydrogen) atoms. The van der Waals surface area contributed by atoms with Gasteiger partial charge in [-0.25, -0.2) is 19.3 Å². The van der Waals surface area contributed by atoms with Crippen molar-refractivity contribution in [1.29, 1.82) is 0 Å². The van der Waals surface area contributed by atoms with Crippen LogP contribution in [0.3, 0.4) is 0 Å². The summed E-state index contributed by atoms with van der Waals surface area (Å²) in [5.74, 6) is -0.339. The summed E-state index contributed by atoms with van der Waals surface area (Å²) in [5.41, 5.74) is 15.2. The van der Waals surface area contributed by atoms with Crippen LogP contribution in [0.25, 0.3) is 10.3 Å². The van der Waals surface area contributed by atoms with Gasteiger partial charge >= 0.3 is 0 Å². The van der Waals surface area contributed by atoms with Gasteiger partial charge in [-0.3, -0.25) is 4.79 Å². The molecule has 0 radical (unpaired) electrons. The molecule has 1 fully saturated rings. The number of carbonyl (C=O) groups is 1. The predicted molar refractivity (Wildman–Crippen MR) is 130 cm³/mol. The van der Waals surface area contributed by atoms with Crippen molar-refractivity contribution in [3.63, 3.8) is 0 Å². The Bertz CT molecular complexity index is 1280. The number of nitrogens with one attached hydrogen (secondary N) is 1. The van der Waals surface area contributed by atoms with Crippen LogP contribution in [0.15, 0.2) is 12.3 Å². The van der Waals surface area contributed by atoms with Crippen molar-refractivity contribution in [2.75, 3.05) is 30.8 Å². The van der Waals surface area contributed by atoms with Crippen molar-refractivity contribution in [2.24, 2.45) is 5.73 Å². The van der Waals surface area contributed by atoms with E-state index in [1.54, 1.807) is 13.3 Å². The van der Waals surface area contributed by atoms with Crippen LogP contribution < -0.4 is 21.7 Å². The molecule has 3 aromatic rings. The van der Waals surface area contributed by atoms with E-state index in [4.69, 9.17) is 16.2 Å². The van der Waals surface area contributed by atoms with E-state index in [-0.39, 0.29) is 23.8 Å². The summed E-state index contributed by atoms with van der Waals surface area (Å²) in [5, 5.41) is 3.05. The quantitative estimate of drug-likeness (QED) is 0.511. The summed E-state index contributed by atoms with van der Waals surface area (Å²) in [6.07, 6.45) is 3.47. The standard InChI is InChI=1S/C23H28FN7O2S/c1-11-8-27-18-17(26)19(34-22(18)28-11)21(32)29-13-4-5-15-12(6-13)7-14(24)20(30-15)31-9-16(25)23(2,10-31)33-3/h7-8,13,16H,4-6,9-10,25-26H2,1-3H3,(H,29,32). The molecule has 3 atom stereocenters. The number of fused-ring (bicyclic) bond motifs is 2. The molecule has 1 amide bonds. The lowest BCUT2D eigenvalue weighted by Crippen LogP contribution is -2.45. The van der Waals surface area contributed by atoms with Crippen LogP contribution in [0.2, 0.25) is 0 Å². The van der Waals surface area contributed by atoms with Crippen LogP contribution >= 0.6 is 11.3 Å². The summed E-state index contributed by atoms with van der Waals surface area (Å²) in [7, 11) is 1.62. The number of nitrogens with zero attached hydrogens (tertiary/aromatic N) is 4. The van der Waals surface area contributed by atoms with Gasteiger partial charge in [-0.1, -0.05) is 0 Å². The zero-order chi connectivity index (χ0) is 24.2. The summed E-state index contributed by atoms with van der Waals surface area (Å²) in [6.45, 7) is 4.73. The SMILES string of the molecule is COC1(C)CN(c2nc3c(cc2F)CC(NC(=O)c2sc4nc(C)cnc4c2N)CC3)CC1N. The van der Waals surface area contributed by atoms with Crippen molar-refractivity contribution >= 4 is 39.1 Å². The first-order chi connectivity index (χ1) is 16.2. The first-order valence-electron chi connectivity index (χ1n) is 11.2. The number of nitrogen functional groups attached to an aromatic ring is 1. The van der Waals surface area contributed by atoms with Crippen LogP contribution in [0.1, 0.15) is 40.0 Å². The van der Waals surface area contributed by atoms with E-state index in [2.05, 4.69) is 20.3 Å².